The molecule has 2 rings (SSSR count). The van der Waals surface area contributed by atoms with Gasteiger partial charge in [-0.15, -0.1) is 0 Å². The minimum atomic E-state index is -3.07. The van der Waals surface area contributed by atoms with Crippen molar-refractivity contribution in [3.63, 3.8) is 0 Å². The molecule has 25 heavy (non-hydrogen) atoms. The Bertz CT molecular complexity index is 789. The first kappa shape index (κ1) is 18.2. The third-order valence-electron chi connectivity index (χ3n) is 3.22. The topological polar surface area (TPSA) is 89.8 Å². The van der Waals surface area contributed by atoms with Gasteiger partial charge in [-0.1, -0.05) is 0 Å². The smallest absolute Gasteiger partial charge is 0.387 e. The first-order chi connectivity index (χ1) is 11.8. The van der Waals surface area contributed by atoms with Crippen LogP contribution in [0, 0.1) is 13.8 Å². The fourth-order valence-corrected chi connectivity index (χ4v) is 2.12. The molecule has 0 radical (unpaired) electrons. The maximum absolute atomic E-state index is 12.4. The molecule has 0 fully saturated rings. The van der Waals surface area contributed by atoms with Crippen molar-refractivity contribution in [1.82, 2.24) is 10.9 Å². The molecule has 7 nitrogen and oxygen atoms in total. The second-order valence-electron chi connectivity index (χ2n) is 4.98. The van der Waals surface area contributed by atoms with Gasteiger partial charge < -0.3 is 13.9 Å². The number of aryl methyl sites for hydroxylation is 2. The van der Waals surface area contributed by atoms with Gasteiger partial charge >= 0.3 is 6.61 Å². The first-order valence-electron chi connectivity index (χ1n) is 7.12. The average Bonchev–Trinajstić information content (AvgIpc) is 2.90. The highest BCUT2D eigenvalue weighted by atomic mass is 19.3. The molecule has 0 saturated heterocycles. The molecule has 9 heteroatoms. The van der Waals surface area contributed by atoms with Crippen LogP contribution in [0.5, 0.6) is 11.5 Å². The fraction of sp³-hybridized carbons (Fsp3) is 0.250. The number of carbonyl (C=O) groups is 2. The Kier molecular flexibility index (Phi) is 5.58. The number of hydrogen-bond donors (Lipinski definition) is 2. The van der Waals surface area contributed by atoms with E-state index < -0.39 is 18.4 Å². The molecule has 0 saturated carbocycles. The molecule has 0 spiro atoms. The molecule has 2 aromatic rings. The van der Waals surface area contributed by atoms with Gasteiger partial charge in [-0.3, -0.25) is 20.4 Å². The maximum atomic E-state index is 12.4. The zero-order chi connectivity index (χ0) is 18.6. The van der Waals surface area contributed by atoms with E-state index in [9.17, 15) is 18.4 Å². The lowest BCUT2D eigenvalue weighted by molar-refractivity contribution is -0.0512. The summed E-state index contributed by atoms with van der Waals surface area (Å²) in [5.41, 5.74) is 4.68. The molecule has 0 aliphatic carbocycles. The Morgan fingerprint density at radius 2 is 1.76 bits per heavy atom. The Morgan fingerprint density at radius 1 is 1.08 bits per heavy atom. The van der Waals surface area contributed by atoms with E-state index in [1.807, 2.05) is 0 Å². The molecule has 0 bridgehead atoms. The second-order valence-corrected chi connectivity index (χ2v) is 4.98. The summed E-state index contributed by atoms with van der Waals surface area (Å²) >= 11 is 0. The lowest BCUT2D eigenvalue weighted by Crippen LogP contribution is -2.41. The molecule has 2 N–H and O–H groups in total. The highest BCUT2D eigenvalue weighted by Gasteiger charge is 2.17. The van der Waals surface area contributed by atoms with Crippen LogP contribution in [0.25, 0.3) is 0 Å². The summed E-state index contributed by atoms with van der Waals surface area (Å²) in [5.74, 6) is -0.573. The van der Waals surface area contributed by atoms with Gasteiger partial charge in [0.1, 0.15) is 11.5 Å². The summed E-state index contributed by atoms with van der Waals surface area (Å²) in [7, 11) is 1.28. The number of ether oxygens (including phenoxy) is 2. The summed E-state index contributed by atoms with van der Waals surface area (Å²) in [6, 6.07) is 5.25. The van der Waals surface area contributed by atoms with Crippen LogP contribution >= 0.6 is 0 Å². The molecule has 1 aromatic heterocycles. The number of amides is 2. The Hall–Kier alpha value is -3.10. The van der Waals surface area contributed by atoms with E-state index in [1.54, 1.807) is 13.8 Å². The van der Waals surface area contributed by atoms with E-state index in [4.69, 9.17) is 9.15 Å². The number of alkyl halides is 2. The Labute approximate surface area is 141 Å². The first-order valence-corrected chi connectivity index (χ1v) is 7.12. The third kappa shape index (κ3) is 4.46. The van der Waals surface area contributed by atoms with Crippen molar-refractivity contribution in [2.75, 3.05) is 7.11 Å². The van der Waals surface area contributed by atoms with Crippen molar-refractivity contribution >= 4 is 11.8 Å². The van der Waals surface area contributed by atoms with Crippen molar-refractivity contribution in [2.45, 2.75) is 20.5 Å². The van der Waals surface area contributed by atoms with Gasteiger partial charge in [0.2, 0.25) is 0 Å². The maximum Gasteiger partial charge on any atom is 0.387 e. The van der Waals surface area contributed by atoms with E-state index in [1.165, 1.54) is 25.3 Å². The predicted molar refractivity (Wildman–Crippen MR) is 82.7 cm³/mol. The molecule has 134 valence electrons. The lowest BCUT2D eigenvalue weighted by Gasteiger charge is -2.12. The van der Waals surface area contributed by atoms with Crippen LogP contribution in [-0.2, 0) is 0 Å². The lowest BCUT2D eigenvalue weighted by atomic mass is 10.2. The monoisotopic (exact) mass is 354 g/mol. The van der Waals surface area contributed by atoms with Gasteiger partial charge in [-0.2, -0.15) is 8.78 Å². The fourth-order valence-electron chi connectivity index (χ4n) is 2.12. The molecular formula is C16H16F2N2O5. The molecule has 1 heterocycles. The summed E-state index contributed by atoms with van der Waals surface area (Å²) < 4.78 is 39.2. The van der Waals surface area contributed by atoms with E-state index in [0.717, 1.165) is 6.07 Å². The van der Waals surface area contributed by atoms with Gasteiger partial charge in [-0.25, -0.2) is 0 Å². The normalized spacial score (nSPS) is 10.5. The minimum absolute atomic E-state index is 0.00292. The van der Waals surface area contributed by atoms with Crippen LogP contribution in [0.2, 0.25) is 0 Å². The number of hydrazine groups is 1. The van der Waals surface area contributed by atoms with Crippen LogP contribution in [0.15, 0.2) is 28.7 Å². The minimum Gasteiger partial charge on any atom is -0.493 e. The number of furan rings is 1. The Morgan fingerprint density at radius 3 is 2.32 bits per heavy atom. The van der Waals surface area contributed by atoms with Crippen LogP contribution in [0.3, 0.4) is 0 Å². The van der Waals surface area contributed by atoms with Crippen molar-refractivity contribution in [3.05, 3.63) is 46.9 Å². The van der Waals surface area contributed by atoms with Crippen LogP contribution in [-0.4, -0.2) is 25.5 Å². The second kappa shape index (κ2) is 7.65. The third-order valence-corrected chi connectivity index (χ3v) is 3.22. The molecular weight excluding hydrogens is 338 g/mol. The summed E-state index contributed by atoms with van der Waals surface area (Å²) in [5, 5.41) is 0. The van der Waals surface area contributed by atoms with Crippen LogP contribution in [0.4, 0.5) is 8.78 Å². The number of benzene rings is 1. The van der Waals surface area contributed by atoms with Crippen molar-refractivity contribution < 1.29 is 32.3 Å². The van der Waals surface area contributed by atoms with Gasteiger partial charge in [-0.05, 0) is 38.1 Å². The van der Waals surface area contributed by atoms with Crippen LogP contribution in [0.1, 0.15) is 32.2 Å². The van der Waals surface area contributed by atoms with Crippen molar-refractivity contribution in [3.8, 4) is 11.5 Å². The highest BCUT2D eigenvalue weighted by molar-refractivity contribution is 5.99. The molecule has 0 aliphatic rings. The highest BCUT2D eigenvalue weighted by Crippen LogP contribution is 2.29. The zero-order valence-electron chi connectivity index (χ0n) is 13.7. The van der Waals surface area contributed by atoms with Gasteiger partial charge in [0.15, 0.2) is 11.5 Å². The number of hydrogen-bond acceptors (Lipinski definition) is 5. The van der Waals surface area contributed by atoms with Crippen molar-refractivity contribution in [2.24, 2.45) is 0 Å². The number of halogens is 2. The van der Waals surface area contributed by atoms with E-state index >= 15 is 0 Å². The largest absolute Gasteiger partial charge is 0.493 e. The molecule has 1 aromatic carbocycles. The predicted octanol–water partition coefficient (Wildman–Crippen LogP) is 2.58. The van der Waals surface area contributed by atoms with Gasteiger partial charge in [0, 0.05) is 5.56 Å². The quantitative estimate of drug-likeness (QED) is 0.806. The van der Waals surface area contributed by atoms with Crippen molar-refractivity contribution in [1.29, 1.82) is 0 Å². The summed E-state index contributed by atoms with van der Waals surface area (Å²) in [6.07, 6.45) is 0. The number of carbonyl (C=O) groups excluding carboxylic acids is 2. The standard InChI is InChI=1S/C16H16F2N2O5/c1-8-6-11(9(2)24-8)15(22)20-19-14(21)10-4-5-12(23-3)13(7-10)25-16(17)18/h4-7,16H,1-3H3,(H,19,21)(H,20,22). The number of methoxy groups -OCH3 is 1. The van der Waals surface area contributed by atoms with Gasteiger partial charge in [0.25, 0.3) is 11.8 Å². The molecule has 0 unspecified atom stereocenters. The van der Waals surface area contributed by atoms with E-state index in [0.29, 0.717) is 11.5 Å². The SMILES string of the molecule is COc1ccc(C(=O)NNC(=O)c2cc(C)oc2C)cc1OC(F)F. The zero-order valence-corrected chi connectivity index (χ0v) is 13.7. The van der Waals surface area contributed by atoms with E-state index in [2.05, 4.69) is 15.6 Å². The number of nitrogens with one attached hydrogen (secondary N) is 2. The molecule has 0 aliphatic heterocycles. The summed E-state index contributed by atoms with van der Waals surface area (Å²) in [4.78, 5) is 24.1. The Balaban J connectivity index is 2.07. The number of rotatable bonds is 5. The summed E-state index contributed by atoms with van der Waals surface area (Å²) in [6.45, 7) is 0.227. The molecule has 2 amide bonds. The van der Waals surface area contributed by atoms with Crippen LogP contribution < -0.4 is 20.3 Å². The average molecular weight is 354 g/mol. The van der Waals surface area contributed by atoms with E-state index in [-0.39, 0.29) is 22.6 Å². The molecule has 0 atom stereocenters. The van der Waals surface area contributed by atoms with Gasteiger partial charge in [0.05, 0.1) is 12.7 Å².